The normalized spacial score (nSPS) is 10.2. The molecule has 2 rings (SSSR count). The minimum absolute atomic E-state index is 0.147. The minimum atomic E-state index is -0.147. The molecule has 4 nitrogen and oxygen atoms in total. The first-order valence-corrected chi connectivity index (χ1v) is 9.32. The zero-order chi connectivity index (χ0) is 18.6. The highest BCUT2D eigenvalue weighted by molar-refractivity contribution is 7.80. The van der Waals surface area contributed by atoms with Crippen molar-refractivity contribution >= 4 is 29.0 Å². The number of carbonyl (C=O) groups is 1. The molecule has 0 spiro atoms. The molecule has 0 aromatic heterocycles. The molecule has 0 amide bonds. The second-order valence-corrected chi connectivity index (χ2v) is 6.41. The predicted molar refractivity (Wildman–Crippen MR) is 110 cm³/mol. The Bertz CT molecular complexity index is 677. The highest BCUT2D eigenvalue weighted by atomic mass is 32.1. The second-order valence-electron chi connectivity index (χ2n) is 6.03. The van der Waals surface area contributed by atoms with Crippen molar-refractivity contribution in [1.82, 2.24) is 5.32 Å². The zero-order valence-electron chi connectivity index (χ0n) is 15.2. The Balaban J connectivity index is 1.87. The molecule has 0 aliphatic carbocycles. The zero-order valence-corrected chi connectivity index (χ0v) is 16.0. The van der Waals surface area contributed by atoms with Gasteiger partial charge >= 0.3 is 5.97 Å². The topological polar surface area (TPSA) is 41.6 Å². The number of esters is 1. The van der Waals surface area contributed by atoms with Crippen molar-refractivity contribution in [2.45, 2.75) is 32.2 Å². The van der Waals surface area contributed by atoms with E-state index in [0.29, 0.717) is 11.5 Å². The molecule has 0 aliphatic rings. The summed E-state index contributed by atoms with van der Waals surface area (Å²) in [4.78, 5) is 13.2. The summed E-state index contributed by atoms with van der Waals surface area (Å²) in [7, 11) is 1.42. The summed E-state index contributed by atoms with van der Waals surface area (Å²) in [5.41, 5.74) is 2.28. The van der Waals surface area contributed by atoms with Gasteiger partial charge < -0.3 is 15.0 Å². The summed E-state index contributed by atoms with van der Waals surface area (Å²) in [6, 6.07) is 20.5. The largest absolute Gasteiger partial charge is 0.469 e. The van der Waals surface area contributed by atoms with Gasteiger partial charge in [0, 0.05) is 18.7 Å². The fourth-order valence-corrected chi connectivity index (χ4v) is 2.89. The second kappa shape index (κ2) is 11.3. The van der Waals surface area contributed by atoms with Crippen LogP contribution < -0.4 is 10.2 Å². The van der Waals surface area contributed by atoms with E-state index in [0.717, 1.165) is 38.0 Å². The third-order valence-electron chi connectivity index (χ3n) is 4.06. The molecule has 26 heavy (non-hydrogen) atoms. The number of hydrogen-bond acceptors (Lipinski definition) is 3. The van der Waals surface area contributed by atoms with E-state index in [9.17, 15) is 4.79 Å². The average Bonchev–Trinajstić information content (AvgIpc) is 2.69. The van der Waals surface area contributed by atoms with Gasteiger partial charge in [0.1, 0.15) is 0 Å². The van der Waals surface area contributed by atoms with Crippen LogP contribution >= 0.6 is 12.2 Å². The molecular weight excluding hydrogens is 344 g/mol. The lowest BCUT2D eigenvalue weighted by Gasteiger charge is -2.26. The van der Waals surface area contributed by atoms with Crippen molar-refractivity contribution in [1.29, 1.82) is 0 Å². The van der Waals surface area contributed by atoms with E-state index in [1.165, 1.54) is 12.7 Å². The van der Waals surface area contributed by atoms with Gasteiger partial charge in [-0.1, -0.05) is 55.0 Å². The van der Waals surface area contributed by atoms with Crippen LogP contribution in [-0.4, -0.2) is 24.7 Å². The van der Waals surface area contributed by atoms with E-state index in [2.05, 4.69) is 39.2 Å². The Morgan fingerprint density at radius 3 is 2.31 bits per heavy atom. The number of rotatable bonds is 9. The molecule has 5 heteroatoms. The van der Waals surface area contributed by atoms with Gasteiger partial charge in [-0.25, -0.2) is 0 Å². The van der Waals surface area contributed by atoms with Crippen LogP contribution in [0.4, 0.5) is 5.69 Å². The third kappa shape index (κ3) is 6.84. The molecule has 0 radical (unpaired) electrons. The maximum Gasteiger partial charge on any atom is 0.305 e. The number of anilines is 1. The van der Waals surface area contributed by atoms with Gasteiger partial charge in [0.2, 0.25) is 0 Å². The fourth-order valence-electron chi connectivity index (χ4n) is 2.62. The van der Waals surface area contributed by atoms with Crippen LogP contribution in [0.25, 0.3) is 0 Å². The number of carbonyl (C=O) groups excluding carboxylic acids is 1. The van der Waals surface area contributed by atoms with Crippen LogP contribution in [0.1, 0.15) is 31.2 Å². The van der Waals surface area contributed by atoms with Gasteiger partial charge in [-0.15, -0.1) is 0 Å². The highest BCUT2D eigenvalue weighted by Crippen LogP contribution is 2.17. The lowest BCUT2D eigenvalue weighted by Crippen LogP contribution is -2.39. The molecule has 0 saturated carbocycles. The summed E-state index contributed by atoms with van der Waals surface area (Å²) < 4.78 is 4.65. The molecule has 0 aliphatic heterocycles. The molecule has 0 atom stereocenters. The number of thiocarbonyl (C=S) groups is 1. The quantitative estimate of drug-likeness (QED) is 0.405. The molecule has 1 N–H and O–H groups in total. The van der Waals surface area contributed by atoms with Gasteiger partial charge in [-0.05, 0) is 42.8 Å². The van der Waals surface area contributed by atoms with Crippen LogP contribution in [0.5, 0.6) is 0 Å². The van der Waals surface area contributed by atoms with Crippen LogP contribution in [0.3, 0.4) is 0 Å². The van der Waals surface area contributed by atoms with Crippen molar-refractivity contribution < 1.29 is 9.53 Å². The van der Waals surface area contributed by atoms with Gasteiger partial charge in [-0.2, -0.15) is 0 Å². The first kappa shape index (κ1) is 19.9. The molecule has 0 unspecified atom stereocenters. The number of nitrogens with one attached hydrogen (secondary N) is 1. The number of benzene rings is 2. The Kier molecular flexibility index (Phi) is 8.63. The van der Waals surface area contributed by atoms with E-state index >= 15 is 0 Å². The van der Waals surface area contributed by atoms with Gasteiger partial charge in [0.15, 0.2) is 5.11 Å². The Morgan fingerprint density at radius 1 is 1.00 bits per heavy atom. The van der Waals surface area contributed by atoms with Crippen LogP contribution in [0, 0.1) is 0 Å². The average molecular weight is 371 g/mol. The molecule has 2 aromatic carbocycles. The van der Waals surface area contributed by atoms with Crippen LogP contribution in [0.2, 0.25) is 0 Å². The standard InChI is InChI=1S/C21H26N2O2S/c1-25-20(24)15-9-4-10-16-22-21(26)23(19-13-7-3-8-14-19)17-18-11-5-2-6-12-18/h2-3,5-8,11-14H,4,9-10,15-17H2,1H3,(H,22,26). The molecule has 2 aromatic rings. The Labute approximate surface area is 161 Å². The van der Waals surface area contributed by atoms with E-state index in [-0.39, 0.29) is 5.97 Å². The molecule has 0 fully saturated rings. The number of unbranched alkanes of at least 4 members (excludes halogenated alkanes) is 2. The van der Waals surface area contributed by atoms with Crippen LogP contribution in [0.15, 0.2) is 60.7 Å². The number of nitrogens with zero attached hydrogens (tertiary/aromatic N) is 1. The predicted octanol–water partition coefficient (Wildman–Crippen LogP) is 4.30. The maximum atomic E-state index is 11.1. The molecule has 0 saturated heterocycles. The Morgan fingerprint density at radius 2 is 1.65 bits per heavy atom. The van der Waals surface area contributed by atoms with Crippen molar-refractivity contribution in [3.63, 3.8) is 0 Å². The molecule has 138 valence electrons. The van der Waals surface area contributed by atoms with E-state index in [1.54, 1.807) is 0 Å². The summed E-state index contributed by atoms with van der Waals surface area (Å²) in [6.07, 6.45) is 3.25. The van der Waals surface area contributed by atoms with Crippen molar-refractivity contribution in [2.24, 2.45) is 0 Å². The number of hydrogen-bond donors (Lipinski definition) is 1. The summed E-state index contributed by atoms with van der Waals surface area (Å²) in [5, 5.41) is 4.06. The van der Waals surface area contributed by atoms with E-state index in [1.807, 2.05) is 36.4 Å². The highest BCUT2D eigenvalue weighted by Gasteiger charge is 2.12. The number of methoxy groups -OCH3 is 1. The van der Waals surface area contributed by atoms with Crippen molar-refractivity contribution in [3.05, 3.63) is 66.2 Å². The monoisotopic (exact) mass is 370 g/mol. The first-order valence-electron chi connectivity index (χ1n) is 8.92. The summed E-state index contributed by atoms with van der Waals surface area (Å²) in [6.45, 7) is 1.51. The SMILES string of the molecule is COC(=O)CCCCCNC(=S)N(Cc1ccccc1)c1ccccc1. The van der Waals surface area contributed by atoms with Crippen LogP contribution in [-0.2, 0) is 16.1 Å². The van der Waals surface area contributed by atoms with E-state index in [4.69, 9.17) is 12.2 Å². The first-order chi connectivity index (χ1) is 12.7. The molecular formula is C21H26N2O2S. The third-order valence-corrected chi connectivity index (χ3v) is 4.42. The molecule has 0 bridgehead atoms. The minimum Gasteiger partial charge on any atom is -0.469 e. The summed E-state index contributed by atoms with van der Waals surface area (Å²) in [5.74, 6) is -0.147. The smallest absolute Gasteiger partial charge is 0.305 e. The fraction of sp³-hybridized carbons (Fsp3) is 0.333. The van der Waals surface area contributed by atoms with E-state index < -0.39 is 0 Å². The van der Waals surface area contributed by atoms with Gasteiger partial charge in [0.05, 0.1) is 13.7 Å². The van der Waals surface area contributed by atoms with Gasteiger partial charge in [-0.3, -0.25) is 4.79 Å². The van der Waals surface area contributed by atoms with Crippen molar-refractivity contribution in [3.8, 4) is 0 Å². The maximum absolute atomic E-state index is 11.1. The lowest BCUT2D eigenvalue weighted by atomic mass is 10.2. The lowest BCUT2D eigenvalue weighted by molar-refractivity contribution is -0.140. The van der Waals surface area contributed by atoms with Crippen molar-refractivity contribution in [2.75, 3.05) is 18.6 Å². The van der Waals surface area contributed by atoms with Gasteiger partial charge in [0.25, 0.3) is 0 Å². The summed E-state index contributed by atoms with van der Waals surface area (Å²) >= 11 is 5.64. The number of para-hydroxylation sites is 1. The molecule has 0 heterocycles. The number of ether oxygens (including phenoxy) is 1. The Hall–Kier alpha value is -2.40.